The summed E-state index contributed by atoms with van der Waals surface area (Å²) in [5, 5.41) is 8.32. The van der Waals surface area contributed by atoms with E-state index in [0.717, 1.165) is 5.56 Å². The van der Waals surface area contributed by atoms with E-state index >= 15 is 0 Å². The first-order valence-electron chi connectivity index (χ1n) is 3.37. The lowest BCUT2D eigenvalue weighted by Gasteiger charge is -1.95. The Morgan fingerprint density at radius 2 is 1.73 bits per heavy atom. The van der Waals surface area contributed by atoms with Gasteiger partial charge >= 0.3 is 0 Å². The van der Waals surface area contributed by atoms with Crippen molar-refractivity contribution in [2.45, 2.75) is 13.1 Å². The van der Waals surface area contributed by atoms with Gasteiger partial charge in [0.05, 0.1) is 12.5 Å². The highest BCUT2D eigenvalue weighted by molar-refractivity contribution is 5.23. The Hall–Kier alpha value is -1.36. The number of hydrogen-bond acceptors (Lipinski definition) is 1. The molecule has 0 aromatic heterocycles. The third kappa shape index (κ3) is 2.05. The second kappa shape index (κ2) is 3.72. The van der Waals surface area contributed by atoms with Crippen LogP contribution in [0.3, 0.4) is 0 Å². The number of alkyl halides is 1. The highest BCUT2D eigenvalue weighted by Crippen LogP contribution is 2.05. The van der Waals surface area contributed by atoms with Gasteiger partial charge in [-0.15, -0.1) is 0 Å². The molecule has 56 valence electrons. The van der Waals surface area contributed by atoms with E-state index in [1.54, 1.807) is 24.3 Å². The van der Waals surface area contributed by atoms with Crippen LogP contribution in [-0.4, -0.2) is 0 Å². The Labute approximate surface area is 65.1 Å². The lowest BCUT2D eigenvalue weighted by molar-refractivity contribution is 0.485. The zero-order chi connectivity index (χ0) is 8.10. The number of nitriles is 1. The molecule has 0 aliphatic heterocycles. The van der Waals surface area contributed by atoms with Crippen molar-refractivity contribution in [2.75, 3.05) is 0 Å². The molecule has 2 heteroatoms. The van der Waals surface area contributed by atoms with Crippen molar-refractivity contribution < 1.29 is 4.39 Å². The van der Waals surface area contributed by atoms with Gasteiger partial charge in [0.1, 0.15) is 6.67 Å². The lowest BCUT2D eigenvalue weighted by atomic mass is 10.1. The van der Waals surface area contributed by atoms with Crippen molar-refractivity contribution >= 4 is 0 Å². The molecule has 0 amide bonds. The molecule has 0 unspecified atom stereocenters. The molecule has 0 bridgehead atoms. The van der Waals surface area contributed by atoms with Crippen LogP contribution in [0.1, 0.15) is 11.1 Å². The minimum absolute atomic E-state index is 0.395. The SMILES string of the molecule is N#CCc1ccc(CF)cc1. The topological polar surface area (TPSA) is 23.8 Å². The maximum Gasteiger partial charge on any atom is 0.115 e. The molecule has 0 aliphatic rings. The molecule has 1 aromatic rings. The fraction of sp³-hybridized carbons (Fsp3) is 0.222. The molecule has 0 saturated heterocycles. The van der Waals surface area contributed by atoms with Crippen LogP contribution >= 0.6 is 0 Å². The van der Waals surface area contributed by atoms with E-state index in [1.165, 1.54) is 0 Å². The Balaban J connectivity index is 2.76. The van der Waals surface area contributed by atoms with Gasteiger partial charge < -0.3 is 0 Å². The molecule has 0 aliphatic carbocycles. The molecule has 0 radical (unpaired) electrons. The summed E-state index contributed by atoms with van der Waals surface area (Å²) < 4.78 is 12.0. The minimum atomic E-state index is -0.438. The molecular weight excluding hydrogens is 141 g/mol. The Bertz CT molecular complexity index is 258. The number of benzene rings is 1. The number of nitrogens with zero attached hydrogens (tertiary/aromatic N) is 1. The van der Waals surface area contributed by atoms with Crippen LogP contribution < -0.4 is 0 Å². The van der Waals surface area contributed by atoms with Crippen molar-refractivity contribution in [1.82, 2.24) is 0 Å². The molecule has 0 atom stereocenters. The van der Waals surface area contributed by atoms with Crippen LogP contribution in [0.2, 0.25) is 0 Å². The van der Waals surface area contributed by atoms with Gasteiger partial charge in [-0.05, 0) is 11.1 Å². The molecule has 1 rings (SSSR count). The fourth-order valence-electron chi connectivity index (χ4n) is 0.837. The summed E-state index contributed by atoms with van der Waals surface area (Å²) in [6.45, 7) is -0.438. The maximum atomic E-state index is 12.0. The highest BCUT2D eigenvalue weighted by atomic mass is 19.1. The van der Waals surface area contributed by atoms with Crippen LogP contribution in [0.5, 0.6) is 0 Å². The third-order valence-corrected chi connectivity index (χ3v) is 1.46. The predicted molar refractivity (Wildman–Crippen MR) is 40.6 cm³/mol. The molecular formula is C9H8FN. The zero-order valence-electron chi connectivity index (χ0n) is 6.05. The zero-order valence-corrected chi connectivity index (χ0v) is 6.05. The van der Waals surface area contributed by atoms with Crippen LogP contribution in [0.25, 0.3) is 0 Å². The number of rotatable bonds is 2. The largest absolute Gasteiger partial charge is 0.246 e. The normalized spacial score (nSPS) is 9.09. The van der Waals surface area contributed by atoms with Gasteiger partial charge in [-0.25, -0.2) is 4.39 Å². The molecule has 1 aromatic carbocycles. The third-order valence-electron chi connectivity index (χ3n) is 1.46. The van der Waals surface area contributed by atoms with Crippen LogP contribution in [-0.2, 0) is 13.1 Å². The molecule has 0 saturated carbocycles. The van der Waals surface area contributed by atoms with Gasteiger partial charge in [0.25, 0.3) is 0 Å². The van der Waals surface area contributed by atoms with Gasteiger partial charge in [-0.1, -0.05) is 24.3 Å². The standard InChI is InChI=1S/C9H8FN/c10-7-9-3-1-8(2-4-9)5-6-11/h1-4H,5,7H2. The quantitative estimate of drug-likeness (QED) is 0.632. The highest BCUT2D eigenvalue weighted by Gasteiger charge is 1.92. The van der Waals surface area contributed by atoms with E-state index in [-0.39, 0.29) is 0 Å². The molecule has 1 nitrogen and oxygen atoms in total. The van der Waals surface area contributed by atoms with E-state index in [1.807, 2.05) is 6.07 Å². The fourth-order valence-corrected chi connectivity index (χ4v) is 0.837. The average molecular weight is 149 g/mol. The predicted octanol–water partition coefficient (Wildman–Crippen LogP) is 2.22. The van der Waals surface area contributed by atoms with Gasteiger partial charge in [-0.3, -0.25) is 0 Å². The molecule has 0 heterocycles. The molecule has 0 fully saturated rings. The monoisotopic (exact) mass is 149 g/mol. The number of hydrogen-bond donors (Lipinski definition) is 0. The summed E-state index contributed by atoms with van der Waals surface area (Å²) in [7, 11) is 0. The smallest absolute Gasteiger partial charge is 0.115 e. The van der Waals surface area contributed by atoms with Crippen molar-refractivity contribution in [1.29, 1.82) is 5.26 Å². The first-order valence-corrected chi connectivity index (χ1v) is 3.37. The Kier molecular flexibility index (Phi) is 2.62. The van der Waals surface area contributed by atoms with Crippen molar-refractivity contribution in [3.63, 3.8) is 0 Å². The summed E-state index contributed by atoms with van der Waals surface area (Å²) in [5.74, 6) is 0. The first kappa shape index (κ1) is 7.74. The van der Waals surface area contributed by atoms with Crippen molar-refractivity contribution in [3.05, 3.63) is 35.4 Å². The van der Waals surface area contributed by atoms with E-state index in [0.29, 0.717) is 12.0 Å². The minimum Gasteiger partial charge on any atom is -0.246 e. The Morgan fingerprint density at radius 1 is 1.18 bits per heavy atom. The summed E-state index contributed by atoms with van der Waals surface area (Å²) in [4.78, 5) is 0. The number of halogens is 1. The summed E-state index contributed by atoms with van der Waals surface area (Å²) in [5.41, 5.74) is 1.59. The average Bonchev–Trinajstić information content (AvgIpc) is 2.07. The van der Waals surface area contributed by atoms with Gasteiger partial charge in [0.15, 0.2) is 0 Å². The Morgan fingerprint density at radius 3 is 2.18 bits per heavy atom. The summed E-state index contributed by atoms with van der Waals surface area (Å²) in [6, 6.07) is 8.98. The van der Waals surface area contributed by atoms with Crippen LogP contribution in [0.4, 0.5) is 4.39 Å². The summed E-state index contributed by atoms with van der Waals surface area (Å²) >= 11 is 0. The second-order valence-corrected chi connectivity index (χ2v) is 2.29. The van der Waals surface area contributed by atoms with E-state index < -0.39 is 6.67 Å². The van der Waals surface area contributed by atoms with Crippen molar-refractivity contribution in [3.8, 4) is 6.07 Å². The summed E-state index contributed by atoms with van der Waals surface area (Å²) in [6.07, 6.45) is 0.395. The van der Waals surface area contributed by atoms with E-state index in [2.05, 4.69) is 0 Å². The van der Waals surface area contributed by atoms with E-state index in [9.17, 15) is 4.39 Å². The molecule has 0 N–H and O–H groups in total. The maximum absolute atomic E-state index is 12.0. The molecule has 11 heavy (non-hydrogen) atoms. The van der Waals surface area contributed by atoms with Gasteiger partial charge in [0, 0.05) is 0 Å². The van der Waals surface area contributed by atoms with Crippen LogP contribution in [0.15, 0.2) is 24.3 Å². The van der Waals surface area contributed by atoms with Crippen LogP contribution in [0, 0.1) is 11.3 Å². The van der Waals surface area contributed by atoms with Gasteiger partial charge in [-0.2, -0.15) is 5.26 Å². The van der Waals surface area contributed by atoms with Crippen molar-refractivity contribution in [2.24, 2.45) is 0 Å². The lowest BCUT2D eigenvalue weighted by Crippen LogP contribution is -1.82. The van der Waals surface area contributed by atoms with E-state index in [4.69, 9.17) is 5.26 Å². The first-order chi connectivity index (χ1) is 5.36. The second-order valence-electron chi connectivity index (χ2n) is 2.29. The molecule has 0 spiro atoms. The van der Waals surface area contributed by atoms with Gasteiger partial charge in [0.2, 0.25) is 0 Å².